The number of allylic oxidation sites excluding steroid dienone is 2. The van der Waals surface area contributed by atoms with Gasteiger partial charge in [-0.15, -0.1) is 0 Å². The number of hydrogen-bond acceptors (Lipinski definition) is 2. The van der Waals surface area contributed by atoms with Crippen LogP contribution in [-0.4, -0.2) is 31.3 Å². The second-order valence-electron chi connectivity index (χ2n) is 8.24. The zero-order valence-electron chi connectivity index (χ0n) is 15.9. The molecule has 0 amide bonds. The Kier molecular flexibility index (Phi) is 4.66. The van der Waals surface area contributed by atoms with Crippen LogP contribution >= 0.6 is 0 Å². The predicted octanol–water partition coefficient (Wildman–Crippen LogP) is 5.40. The number of likely N-dealkylation sites (N-methyl/N-ethyl adjacent to an activating group) is 1. The van der Waals surface area contributed by atoms with Crippen molar-refractivity contribution >= 4 is 16.5 Å². The van der Waals surface area contributed by atoms with E-state index in [-0.39, 0.29) is 11.3 Å². The second kappa shape index (κ2) is 6.61. The first-order valence-corrected chi connectivity index (χ1v) is 8.92. The zero-order valence-corrected chi connectivity index (χ0v) is 15.9. The molecule has 130 valence electrons. The number of fused-ring (bicyclic) bond motifs is 1. The minimum Gasteiger partial charge on any atom is -0.305 e. The van der Waals surface area contributed by atoms with Gasteiger partial charge in [0.25, 0.3) is 0 Å². The van der Waals surface area contributed by atoms with E-state index in [0.29, 0.717) is 5.71 Å². The van der Waals surface area contributed by atoms with Gasteiger partial charge in [-0.3, -0.25) is 0 Å². The van der Waals surface area contributed by atoms with Crippen molar-refractivity contribution in [2.24, 2.45) is 5.41 Å². The van der Waals surface area contributed by atoms with Crippen LogP contribution in [-0.2, 0) is 0 Å². The van der Waals surface area contributed by atoms with Gasteiger partial charge in [-0.25, -0.2) is 0 Å². The lowest BCUT2D eigenvalue weighted by Gasteiger charge is -2.25. The van der Waals surface area contributed by atoms with Crippen LogP contribution in [0.15, 0.2) is 60.2 Å². The van der Waals surface area contributed by atoms with E-state index in [9.17, 15) is 0 Å². The number of benzene rings is 2. The van der Waals surface area contributed by atoms with Gasteiger partial charge in [0.05, 0.1) is 0 Å². The van der Waals surface area contributed by atoms with Gasteiger partial charge >= 0.3 is 0 Å². The Bertz CT molecular complexity index is 863. The molecule has 25 heavy (non-hydrogen) atoms. The largest absolute Gasteiger partial charge is 0.305 e. The van der Waals surface area contributed by atoms with Crippen LogP contribution in [0.1, 0.15) is 37.8 Å². The third-order valence-corrected chi connectivity index (χ3v) is 4.73. The van der Waals surface area contributed by atoms with E-state index < -0.39 is 0 Å². The van der Waals surface area contributed by atoms with E-state index >= 15 is 0 Å². The molecule has 0 aliphatic heterocycles. The first-order chi connectivity index (χ1) is 11.8. The normalized spacial score (nSPS) is 17.4. The van der Waals surface area contributed by atoms with Gasteiger partial charge in [0.2, 0.25) is 0 Å². The van der Waals surface area contributed by atoms with Crippen LogP contribution < -0.4 is 0 Å². The average Bonchev–Trinajstić information content (AvgIpc) is 2.99. The average molecular weight is 332 g/mol. The quantitative estimate of drug-likeness (QED) is 0.746. The lowest BCUT2D eigenvalue weighted by Crippen LogP contribution is -2.22. The molecule has 0 radical (unpaired) electrons. The van der Waals surface area contributed by atoms with Gasteiger partial charge in [0.15, 0.2) is 0 Å². The van der Waals surface area contributed by atoms with Gasteiger partial charge < -0.3 is 10.3 Å². The van der Waals surface area contributed by atoms with E-state index in [1.54, 1.807) is 0 Å². The van der Waals surface area contributed by atoms with E-state index in [1.807, 2.05) is 0 Å². The summed E-state index contributed by atoms with van der Waals surface area (Å²) in [5.41, 5.74) is 4.21. The smallest absolute Gasteiger partial charge is 0.0448 e. The SMILES string of the molecule is CN(C)CC1=CC(c2ccc3ccccc3c2C(=N)C(C)(C)C)C=C1. The highest BCUT2D eigenvalue weighted by Crippen LogP contribution is 2.36. The molecular formula is C23H28N2. The van der Waals surface area contributed by atoms with Crippen molar-refractivity contribution < 1.29 is 0 Å². The zero-order chi connectivity index (χ0) is 18.2. The van der Waals surface area contributed by atoms with E-state index in [1.165, 1.54) is 21.9 Å². The van der Waals surface area contributed by atoms with Crippen molar-refractivity contribution in [2.75, 3.05) is 20.6 Å². The molecule has 1 aliphatic carbocycles. The molecule has 0 spiro atoms. The summed E-state index contributed by atoms with van der Waals surface area (Å²) in [4.78, 5) is 2.19. The molecule has 2 heteroatoms. The second-order valence-corrected chi connectivity index (χ2v) is 8.24. The molecule has 0 saturated heterocycles. The summed E-state index contributed by atoms with van der Waals surface area (Å²) in [5.74, 6) is 0.247. The summed E-state index contributed by atoms with van der Waals surface area (Å²) < 4.78 is 0. The Balaban J connectivity index is 2.15. The molecule has 1 atom stereocenters. The maximum Gasteiger partial charge on any atom is 0.0448 e. The molecule has 1 unspecified atom stereocenters. The molecule has 2 aromatic rings. The fourth-order valence-corrected chi connectivity index (χ4v) is 3.45. The number of rotatable bonds is 4. The molecule has 0 saturated carbocycles. The lowest BCUT2D eigenvalue weighted by atomic mass is 9.79. The van der Waals surface area contributed by atoms with Gasteiger partial charge in [-0.1, -0.05) is 75.4 Å². The van der Waals surface area contributed by atoms with Crippen molar-refractivity contribution in [3.8, 4) is 0 Å². The van der Waals surface area contributed by atoms with E-state index in [2.05, 4.69) is 94.4 Å². The summed E-state index contributed by atoms with van der Waals surface area (Å²) in [7, 11) is 4.19. The van der Waals surface area contributed by atoms with Crippen molar-refractivity contribution in [3.05, 3.63) is 71.3 Å². The Morgan fingerprint density at radius 3 is 2.48 bits per heavy atom. The maximum atomic E-state index is 8.88. The van der Waals surface area contributed by atoms with Gasteiger partial charge in [-0.2, -0.15) is 0 Å². The van der Waals surface area contributed by atoms with Crippen molar-refractivity contribution in [3.63, 3.8) is 0 Å². The third kappa shape index (κ3) is 3.59. The summed E-state index contributed by atoms with van der Waals surface area (Å²) in [5, 5.41) is 11.3. The van der Waals surface area contributed by atoms with E-state index in [4.69, 9.17) is 5.41 Å². The predicted molar refractivity (Wildman–Crippen MR) is 109 cm³/mol. The minimum absolute atomic E-state index is 0.183. The van der Waals surface area contributed by atoms with Crippen LogP contribution in [0.3, 0.4) is 0 Å². The highest BCUT2D eigenvalue weighted by molar-refractivity contribution is 6.13. The summed E-state index contributed by atoms with van der Waals surface area (Å²) >= 11 is 0. The topological polar surface area (TPSA) is 27.1 Å². The Morgan fingerprint density at radius 2 is 1.80 bits per heavy atom. The monoisotopic (exact) mass is 332 g/mol. The molecule has 0 aromatic heterocycles. The molecule has 1 N–H and O–H groups in total. The third-order valence-electron chi connectivity index (χ3n) is 4.73. The van der Waals surface area contributed by atoms with Crippen molar-refractivity contribution in [1.82, 2.24) is 4.90 Å². The molecule has 2 nitrogen and oxygen atoms in total. The summed E-state index contributed by atoms with van der Waals surface area (Å²) in [6.45, 7) is 7.32. The molecule has 0 bridgehead atoms. The molecule has 0 heterocycles. The standard InChI is InChI=1S/C23H28N2/c1-23(2,3)22(24)21-19-9-7-6-8-17(19)12-13-20(21)18-11-10-16(14-18)15-25(4)5/h6-14,18,24H,15H2,1-5H3. The van der Waals surface area contributed by atoms with Gasteiger partial charge in [0.1, 0.15) is 0 Å². The van der Waals surface area contributed by atoms with E-state index in [0.717, 1.165) is 12.1 Å². The fraction of sp³-hybridized carbons (Fsp3) is 0.348. The van der Waals surface area contributed by atoms with Gasteiger partial charge in [0, 0.05) is 29.2 Å². The highest BCUT2D eigenvalue weighted by atomic mass is 15.0. The molecular weight excluding hydrogens is 304 g/mol. The van der Waals surface area contributed by atoms with Crippen molar-refractivity contribution in [1.29, 1.82) is 5.41 Å². The van der Waals surface area contributed by atoms with Crippen molar-refractivity contribution in [2.45, 2.75) is 26.7 Å². The van der Waals surface area contributed by atoms with Gasteiger partial charge in [-0.05, 0) is 36.0 Å². The molecule has 2 aromatic carbocycles. The van der Waals surface area contributed by atoms with Crippen LogP contribution in [0.5, 0.6) is 0 Å². The molecule has 0 fully saturated rings. The Hall–Kier alpha value is -2.19. The fourth-order valence-electron chi connectivity index (χ4n) is 3.45. The van der Waals surface area contributed by atoms with Crippen LogP contribution in [0, 0.1) is 10.8 Å². The summed E-state index contributed by atoms with van der Waals surface area (Å²) in [6.07, 6.45) is 6.83. The minimum atomic E-state index is -0.183. The maximum absolute atomic E-state index is 8.88. The first kappa shape index (κ1) is 17.6. The molecule has 3 rings (SSSR count). The lowest BCUT2D eigenvalue weighted by molar-refractivity contribution is 0.449. The Labute approximate surface area is 151 Å². The molecule has 1 aliphatic rings. The number of hydrogen-bond donors (Lipinski definition) is 1. The van der Waals surface area contributed by atoms with Crippen LogP contribution in [0.25, 0.3) is 10.8 Å². The van der Waals surface area contributed by atoms with Crippen LogP contribution in [0.2, 0.25) is 0 Å². The first-order valence-electron chi connectivity index (χ1n) is 8.92. The number of nitrogens with zero attached hydrogens (tertiary/aromatic N) is 1. The van der Waals surface area contributed by atoms with Crippen LogP contribution in [0.4, 0.5) is 0 Å². The number of nitrogens with one attached hydrogen (secondary N) is 1. The summed E-state index contributed by atoms with van der Waals surface area (Å²) in [6, 6.07) is 12.8. The highest BCUT2D eigenvalue weighted by Gasteiger charge is 2.26. The Morgan fingerprint density at radius 1 is 1.08 bits per heavy atom.